The number of carboxylic acid groups (broad SMARTS) is 1. The predicted octanol–water partition coefficient (Wildman–Crippen LogP) is 4.04. The first-order chi connectivity index (χ1) is 15.9. The zero-order valence-electron chi connectivity index (χ0n) is 18.8. The number of nitrogens with one attached hydrogen (secondary N) is 1. The predicted molar refractivity (Wildman–Crippen MR) is 126 cm³/mol. The first-order valence-electron chi connectivity index (χ1n) is 11.1. The van der Waals surface area contributed by atoms with Crippen LogP contribution in [0.4, 0.5) is 4.79 Å². The average Bonchev–Trinajstić information content (AvgIpc) is 3.13. The van der Waals surface area contributed by atoms with Gasteiger partial charge in [-0.1, -0.05) is 68.0 Å². The fourth-order valence-electron chi connectivity index (χ4n) is 4.19. The summed E-state index contributed by atoms with van der Waals surface area (Å²) in [5.41, 5.74) is 4.61. The summed E-state index contributed by atoms with van der Waals surface area (Å²) < 4.78 is 5.54. The standard InChI is InChI=1S/C26H30N2O5/c1-3-13-28(16-25(30)31)24(29)14-18(4-2)15-27-26(32)33-17-23-21-11-7-5-9-19(21)20-10-6-8-12-22(20)23/h3,5-12,18,23H,1,4,13-17H2,2H3,(H,27,32)(H,30,31). The van der Waals surface area contributed by atoms with Crippen LogP contribution in [0.2, 0.25) is 0 Å². The minimum atomic E-state index is -1.07. The van der Waals surface area contributed by atoms with E-state index in [1.807, 2.05) is 31.2 Å². The SMILES string of the molecule is C=CCN(CC(=O)O)C(=O)CC(CC)CNC(=O)OCC1c2ccccc2-c2ccccc21. The van der Waals surface area contributed by atoms with Gasteiger partial charge in [0.1, 0.15) is 13.2 Å². The number of amides is 2. The number of aliphatic carboxylic acids is 1. The van der Waals surface area contributed by atoms with Crippen LogP contribution >= 0.6 is 0 Å². The maximum atomic E-state index is 12.5. The molecule has 1 atom stereocenters. The largest absolute Gasteiger partial charge is 0.480 e. The van der Waals surface area contributed by atoms with Crippen LogP contribution in [-0.4, -0.2) is 54.2 Å². The number of hydrogen-bond donors (Lipinski definition) is 2. The van der Waals surface area contributed by atoms with Crippen molar-refractivity contribution in [3.63, 3.8) is 0 Å². The summed E-state index contributed by atoms with van der Waals surface area (Å²) in [6, 6.07) is 16.3. The summed E-state index contributed by atoms with van der Waals surface area (Å²) >= 11 is 0. The lowest BCUT2D eigenvalue weighted by molar-refractivity contribution is -0.144. The number of carbonyl (C=O) groups is 3. The van der Waals surface area contributed by atoms with E-state index in [1.165, 1.54) is 11.0 Å². The number of ether oxygens (including phenoxy) is 1. The molecule has 33 heavy (non-hydrogen) atoms. The Balaban J connectivity index is 1.53. The molecule has 0 spiro atoms. The number of alkyl carbamates (subject to hydrolysis) is 1. The molecule has 1 aliphatic rings. The molecule has 0 aromatic heterocycles. The van der Waals surface area contributed by atoms with Crippen molar-refractivity contribution in [1.29, 1.82) is 0 Å². The molecule has 0 bridgehead atoms. The Hall–Kier alpha value is -3.61. The molecule has 7 nitrogen and oxygen atoms in total. The van der Waals surface area contributed by atoms with Crippen LogP contribution in [-0.2, 0) is 14.3 Å². The van der Waals surface area contributed by atoms with Gasteiger partial charge in [-0.2, -0.15) is 0 Å². The molecule has 0 saturated heterocycles. The maximum Gasteiger partial charge on any atom is 0.407 e. The Kier molecular flexibility index (Phi) is 8.24. The highest BCUT2D eigenvalue weighted by Gasteiger charge is 2.29. The van der Waals surface area contributed by atoms with Gasteiger partial charge < -0.3 is 20.1 Å². The van der Waals surface area contributed by atoms with Gasteiger partial charge in [0.25, 0.3) is 0 Å². The fraction of sp³-hybridized carbons (Fsp3) is 0.346. The second kappa shape index (κ2) is 11.3. The molecular formula is C26H30N2O5. The smallest absolute Gasteiger partial charge is 0.407 e. The van der Waals surface area contributed by atoms with E-state index < -0.39 is 12.1 Å². The number of benzene rings is 2. The third-order valence-electron chi connectivity index (χ3n) is 5.95. The quantitative estimate of drug-likeness (QED) is 0.504. The Morgan fingerprint density at radius 1 is 1.12 bits per heavy atom. The minimum Gasteiger partial charge on any atom is -0.480 e. The molecule has 7 heteroatoms. The van der Waals surface area contributed by atoms with Crippen LogP contribution in [0, 0.1) is 5.92 Å². The highest BCUT2D eigenvalue weighted by Crippen LogP contribution is 2.44. The van der Waals surface area contributed by atoms with Crippen LogP contribution in [0.3, 0.4) is 0 Å². The number of hydrogen-bond acceptors (Lipinski definition) is 4. The third-order valence-corrected chi connectivity index (χ3v) is 5.95. The van der Waals surface area contributed by atoms with Crippen LogP contribution in [0.5, 0.6) is 0 Å². The normalized spacial score (nSPS) is 12.9. The molecule has 2 amide bonds. The number of rotatable bonds is 11. The Bertz CT molecular complexity index is 974. The van der Waals surface area contributed by atoms with E-state index in [-0.39, 0.29) is 50.4 Å². The first kappa shape index (κ1) is 24.0. The second-order valence-corrected chi connectivity index (χ2v) is 8.14. The van der Waals surface area contributed by atoms with Gasteiger partial charge in [-0.15, -0.1) is 6.58 Å². The summed E-state index contributed by atoms with van der Waals surface area (Å²) in [5.74, 6) is -1.50. The van der Waals surface area contributed by atoms with Gasteiger partial charge in [-0.25, -0.2) is 4.79 Å². The summed E-state index contributed by atoms with van der Waals surface area (Å²) in [6.07, 6.45) is 1.76. The van der Waals surface area contributed by atoms with Crippen LogP contribution in [0.15, 0.2) is 61.2 Å². The Morgan fingerprint density at radius 3 is 2.27 bits per heavy atom. The monoisotopic (exact) mass is 450 g/mol. The molecule has 174 valence electrons. The Labute approximate surface area is 194 Å². The van der Waals surface area contributed by atoms with E-state index >= 15 is 0 Å². The first-order valence-corrected chi connectivity index (χ1v) is 11.1. The Morgan fingerprint density at radius 2 is 1.73 bits per heavy atom. The molecule has 1 aliphatic carbocycles. The lowest BCUT2D eigenvalue weighted by Crippen LogP contribution is -2.38. The number of fused-ring (bicyclic) bond motifs is 3. The molecule has 2 aromatic rings. The van der Waals surface area contributed by atoms with Crippen molar-refractivity contribution in [2.45, 2.75) is 25.7 Å². The summed E-state index contributed by atoms with van der Waals surface area (Å²) in [6.45, 7) is 5.78. The van der Waals surface area contributed by atoms with Crippen LogP contribution in [0.1, 0.15) is 36.8 Å². The molecule has 2 aromatic carbocycles. The highest BCUT2D eigenvalue weighted by molar-refractivity contribution is 5.82. The van der Waals surface area contributed by atoms with E-state index in [0.717, 1.165) is 22.3 Å². The molecule has 1 unspecified atom stereocenters. The van der Waals surface area contributed by atoms with Crippen molar-refractivity contribution in [3.8, 4) is 11.1 Å². The van der Waals surface area contributed by atoms with Crippen molar-refractivity contribution in [3.05, 3.63) is 72.3 Å². The lowest BCUT2D eigenvalue weighted by Gasteiger charge is -2.22. The van der Waals surface area contributed by atoms with E-state index in [0.29, 0.717) is 6.42 Å². The van der Waals surface area contributed by atoms with Crippen molar-refractivity contribution in [1.82, 2.24) is 10.2 Å². The van der Waals surface area contributed by atoms with Crippen LogP contribution < -0.4 is 5.32 Å². The van der Waals surface area contributed by atoms with E-state index in [4.69, 9.17) is 9.84 Å². The fourth-order valence-corrected chi connectivity index (χ4v) is 4.19. The van der Waals surface area contributed by atoms with Gasteiger partial charge in [-0.3, -0.25) is 9.59 Å². The molecule has 0 heterocycles. The van der Waals surface area contributed by atoms with Gasteiger partial charge >= 0.3 is 12.1 Å². The van der Waals surface area contributed by atoms with Crippen molar-refractivity contribution >= 4 is 18.0 Å². The third kappa shape index (κ3) is 6.00. The minimum absolute atomic E-state index is 0.0184. The van der Waals surface area contributed by atoms with Crippen LogP contribution in [0.25, 0.3) is 11.1 Å². The summed E-state index contributed by atoms with van der Waals surface area (Å²) in [7, 11) is 0. The van der Waals surface area contributed by atoms with E-state index in [1.54, 1.807) is 0 Å². The van der Waals surface area contributed by atoms with E-state index in [2.05, 4.69) is 36.2 Å². The zero-order valence-corrected chi connectivity index (χ0v) is 18.8. The molecule has 0 radical (unpaired) electrons. The molecular weight excluding hydrogens is 420 g/mol. The molecule has 0 fully saturated rings. The van der Waals surface area contributed by atoms with Crippen molar-refractivity contribution in [2.24, 2.45) is 5.92 Å². The van der Waals surface area contributed by atoms with Crippen molar-refractivity contribution < 1.29 is 24.2 Å². The van der Waals surface area contributed by atoms with Gasteiger partial charge in [0, 0.05) is 25.4 Å². The molecule has 2 N–H and O–H groups in total. The van der Waals surface area contributed by atoms with Gasteiger partial charge in [0.15, 0.2) is 0 Å². The summed E-state index contributed by atoms with van der Waals surface area (Å²) in [5, 5.41) is 11.8. The number of carboxylic acids is 1. The average molecular weight is 451 g/mol. The maximum absolute atomic E-state index is 12.5. The van der Waals surface area contributed by atoms with E-state index in [9.17, 15) is 14.4 Å². The van der Waals surface area contributed by atoms with Gasteiger partial charge in [0.2, 0.25) is 5.91 Å². The zero-order chi connectivity index (χ0) is 23.8. The molecule has 3 rings (SSSR count). The summed E-state index contributed by atoms with van der Waals surface area (Å²) in [4.78, 5) is 37.1. The lowest BCUT2D eigenvalue weighted by atomic mass is 9.98. The number of carbonyl (C=O) groups excluding carboxylic acids is 2. The second-order valence-electron chi connectivity index (χ2n) is 8.14. The van der Waals surface area contributed by atoms with Gasteiger partial charge in [0.05, 0.1) is 0 Å². The van der Waals surface area contributed by atoms with Crippen molar-refractivity contribution in [2.75, 3.05) is 26.2 Å². The molecule has 0 saturated carbocycles. The highest BCUT2D eigenvalue weighted by atomic mass is 16.5. The number of nitrogens with zero attached hydrogens (tertiary/aromatic N) is 1. The topological polar surface area (TPSA) is 95.9 Å². The van der Waals surface area contributed by atoms with Gasteiger partial charge in [-0.05, 0) is 28.2 Å². The molecule has 0 aliphatic heterocycles.